The Morgan fingerprint density at radius 2 is 2.42 bits per heavy atom. The van der Waals surface area contributed by atoms with Crippen LogP contribution < -0.4 is 10.2 Å². The topological polar surface area (TPSA) is 65.5 Å². The summed E-state index contributed by atoms with van der Waals surface area (Å²) in [5.74, 6) is 0.958. The van der Waals surface area contributed by atoms with Gasteiger partial charge in [0.15, 0.2) is 0 Å². The van der Waals surface area contributed by atoms with E-state index in [-0.39, 0.29) is 11.8 Å². The Hall–Kier alpha value is -1.62. The van der Waals surface area contributed by atoms with Gasteiger partial charge < -0.3 is 15.3 Å². The van der Waals surface area contributed by atoms with E-state index in [0.29, 0.717) is 6.54 Å². The van der Waals surface area contributed by atoms with Gasteiger partial charge in [-0.1, -0.05) is 0 Å². The number of amides is 1. The molecule has 1 aromatic rings. The first-order valence-corrected chi connectivity index (χ1v) is 6.72. The molecule has 5 nitrogen and oxygen atoms in total. The van der Waals surface area contributed by atoms with Crippen molar-refractivity contribution in [3.8, 4) is 0 Å². The van der Waals surface area contributed by atoms with Crippen molar-refractivity contribution in [2.75, 3.05) is 25.0 Å². The van der Waals surface area contributed by atoms with Crippen molar-refractivity contribution in [3.63, 3.8) is 0 Å². The fraction of sp³-hybridized carbons (Fsp3) is 0.571. The molecule has 1 aromatic heterocycles. The Bertz CT molecular complexity index is 448. The lowest BCUT2D eigenvalue weighted by Crippen LogP contribution is -2.42. The summed E-state index contributed by atoms with van der Waals surface area (Å²) in [6.45, 7) is 3.34. The number of aromatic nitrogens is 1. The van der Waals surface area contributed by atoms with E-state index < -0.39 is 6.10 Å². The Labute approximate surface area is 113 Å². The predicted octanol–water partition coefficient (Wildman–Crippen LogP) is 1.10. The van der Waals surface area contributed by atoms with E-state index in [1.165, 1.54) is 0 Å². The number of carbonyl (C=O) groups is 1. The summed E-state index contributed by atoms with van der Waals surface area (Å²) < 4.78 is 0. The molecule has 0 aliphatic carbocycles. The maximum atomic E-state index is 11.7. The van der Waals surface area contributed by atoms with Crippen molar-refractivity contribution in [2.24, 2.45) is 5.92 Å². The van der Waals surface area contributed by atoms with Gasteiger partial charge in [0.25, 0.3) is 0 Å². The second-order valence-electron chi connectivity index (χ2n) is 5.02. The molecule has 19 heavy (non-hydrogen) atoms. The minimum Gasteiger partial charge on any atom is -0.389 e. The molecule has 1 aliphatic rings. The van der Waals surface area contributed by atoms with Crippen molar-refractivity contribution < 1.29 is 9.90 Å². The first-order valence-electron chi connectivity index (χ1n) is 6.72. The fourth-order valence-corrected chi connectivity index (χ4v) is 2.47. The third-order valence-electron chi connectivity index (χ3n) is 3.61. The van der Waals surface area contributed by atoms with E-state index in [2.05, 4.69) is 15.2 Å². The molecule has 0 bridgehead atoms. The number of rotatable bonds is 3. The number of hydrogen-bond acceptors (Lipinski definition) is 4. The quantitative estimate of drug-likeness (QED) is 0.857. The zero-order valence-corrected chi connectivity index (χ0v) is 11.5. The maximum Gasteiger partial charge on any atom is 0.224 e. The van der Waals surface area contributed by atoms with Crippen LogP contribution in [0.4, 0.5) is 5.82 Å². The summed E-state index contributed by atoms with van der Waals surface area (Å²) in [5, 5.41) is 12.3. The SMILES string of the molecule is CNC(=O)C1CCCN(c2cc([C@@H](C)O)ccn2)C1. The summed E-state index contributed by atoms with van der Waals surface area (Å²) in [4.78, 5) is 18.2. The highest BCUT2D eigenvalue weighted by Gasteiger charge is 2.25. The van der Waals surface area contributed by atoms with Crippen LogP contribution in [0, 0.1) is 5.92 Å². The number of carbonyl (C=O) groups excluding carboxylic acids is 1. The van der Waals surface area contributed by atoms with E-state index in [1.807, 2.05) is 12.1 Å². The smallest absolute Gasteiger partial charge is 0.224 e. The molecule has 5 heteroatoms. The molecular weight excluding hydrogens is 242 g/mol. The average Bonchev–Trinajstić information content (AvgIpc) is 2.46. The molecule has 1 aliphatic heterocycles. The molecule has 2 atom stereocenters. The van der Waals surface area contributed by atoms with Crippen molar-refractivity contribution in [2.45, 2.75) is 25.9 Å². The average molecular weight is 263 g/mol. The van der Waals surface area contributed by atoms with E-state index >= 15 is 0 Å². The van der Waals surface area contributed by atoms with Crippen molar-refractivity contribution in [1.29, 1.82) is 0 Å². The molecule has 2 rings (SSSR count). The van der Waals surface area contributed by atoms with Crippen molar-refractivity contribution in [3.05, 3.63) is 23.9 Å². The minimum absolute atomic E-state index is 0.0238. The van der Waals surface area contributed by atoms with Crippen LogP contribution in [0.25, 0.3) is 0 Å². The summed E-state index contributed by atoms with van der Waals surface area (Å²) in [6, 6.07) is 3.71. The molecule has 1 saturated heterocycles. The molecule has 1 amide bonds. The van der Waals surface area contributed by atoms with Crippen LogP contribution >= 0.6 is 0 Å². The molecule has 1 unspecified atom stereocenters. The van der Waals surface area contributed by atoms with Gasteiger partial charge in [0.2, 0.25) is 5.91 Å². The van der Waals surface area contributed by atoms with Gasteiger partial charge in [-0.2, -0.15) is 0 Å². The fourth-order valence-electron chi connectivity index (χ4n) is 2.47. The molecule has 2 heterocycles. The third-order valence-corrected chi connectivity index (χ3v) is 3.61. The van der Waals surface area contributed by atoms with Crippen molar-refractivity contribution >= 4 is 11.7 Å². The van der Waals surface area contributed by atoms with E-state index in [9.17, 15) is 9.90 Å². The highest BCUT2D eigenvalue weighted by Crippen LogP contribution is 2.24. The van der Waals surface area contributed by atoms with Crippen LogP contribution in [-0.4, -0.2) is 36.1 Å². The number of anilines is 1. The number of pyridine rings is 1. The van der Waals surface area contributed by atoms with Gasteiger partial charge in [0, 0.05) is 26.3 Å². The summed E-state index contributed by atoms with van der Waals surface area (Å²) in [7, 11) is 1.67. The molecule has 104 valence electrons. The second-order valence-corrected chi connectivity index (χ2v) is 5.02. The maximum absolute atomic E-state index is 11.7. The van der Waals surface area contributed by atoms with Gasteiger partial charge in [0.1, 0.15) is 5.82 Å². The molecule has 0 saturated carbocycles. The van der Waals surface area contributed by atoms with Gasteiger partial charge >= 0.3 is 0 Å². The molecule has 0 spiro atoms. The number of nitrogens with one attached hydrogen (secondary N) is 1. The zero-order chi connectivity index (χ0) is 13.8. The molecule has 0 aromatic carbocycles. The first kappa shape index (κ1) is 13.8. The predicted molar refractivity (Wildman–Crippen MR) is 73.9 cm³/mol. The highest BCUT2D eigenvalue weighted by molar-refractivity contribution is 5.79. The van der Waals surface area contributed by atoms with E-state index in [0.717, 1.165) is 30.8 Å². The number of nitrogens with zero attached hydrogens (tertiary/aromatic N) is 2. The largest absolute Gasteiger partial charge is 0.389 e. The van der Waals surface area contributed by atoms with Crippen molar-refractivity contribution in [1.82, 2.24) is 10.3 Å². The van der Waals surface area contributed by atoms with Crippen LogP contribution in [0.2, 0.25) is 0 Å². The van der Waals surface area contributed by atoms with Crippen LogP contribution in [0.1, 0.15) is 31.4 Å². The lowest BCUT2D eigenvalue weighted by atomic mass is 9.97. The second kappa shape index (κ2) is 6.02. The molecule has 0 radical (unpaired) electrons. The number of aliphatic hydroxyl groups is 1. The Balaban J connectivity index is 2.13. The minimum atomic E-state index is -0.499. The Morgan fingerprint density at radius 1 is 1.63 bits per heavy atom. The normalized spacial score (nSPS) is 21.0. The number of aliphatic hydroxyl groups excluding tert-OH is 1. The van der Waals surface area contributed by atoms with E-state index in [4.69, 9.17) is 0 Å². The van der Waals surface area contributed by atoms with Crippen LogP contribution in [0.5, 0.6) is 0 Å². The van der Waals surface area contributed by atoms with Gasteiger partial charge in [0.05, 0.1) is 12.0 Å². The Kier molecular flexibility index (Phi) is 4.37. The molecular formula is C14H21N3O2. The third kappa shape index (κ3) is 3.23. The molecule has 2 N–H and O–H groups in total. The van der Waals surface area contributed by atoms with Gasteiger partial charge in [-0.25, -0.2) is 4.98 Å². The van der Waals surface area contributed by atoms with E-state index in [1.54, 1.807) is 20.2 Å². The lowest BCUT2D eigenvalue weighted by Gasteiger charge is -2.32. The van der Waals surface area contributed by atoms with Gasteiger partial charge in [-0.05, 0) is 37.5 Å². The molecule has 1 fully saturated rings. The van der Waals surface area contributed by atoms with Crippen LogP contribution in [0.15, 0.2) is 18.3 Å². The summed E-state index contributed by atoms with van der Waals surface area (Å²) in [6.07, 6.45) is 3.12. The zero-order valence-electron chi connectivity index (χ0n) is 11.5. The number of hydrogen-bond donors (Lipinski definition) is 2. The Morgan fingerprint density at radius 3 is 3.11 bits per heavy atom. The van der Waals surface area contributed by atoms with Crippen LogP contribution in [-0.2, 0) is 4.79 Å². The summed E-state index contributed by atoms with van der Waals surface area (Å²) >= 11 is 0. The highest BCUT2D eigenvalue weighted by atomic mass is 16.3. The van der Waals surface area contributed by atoms with Crippen LogP contribution in [0.3, 0.4) is 0 Å². The van der Waals surface area contributed by atoms with Gasteiger partial charge in [-0.15, -0.1) is 0 Å². The monoisotopic (exact) mass is 263 g/mol. The lowest BCUT2D eigenvalue weighted by molar-refractivity contribution is -0.124. The van der Waals surface area contributed by atoms with Gasteiger partial charge in [-0.3, -0.25) is 4.79 Å². The summed E-state index contributed by atoms with van der Waals surface area (Å²) in [5.41, 5.74) is 0.854. The first-order chi connectivity index (χ1) is 9.11. The standard InChI is InChI=1S/C14H21N3O2/c1-10(18)11-5-6-16-13(8-11)17-7-3-4-12(9-17)14(19)15-2/h5-6,8,10,12,18H,3-4,7,9H2,1-2H3,(H,15,19)/t10-,12?/m1/s1. The number of piperidine rings is 1.